The molecular weight excluding hydrogens is 346 g/mol. The highest BCUT2D eigenvalue weighted by molar-refractivity contribution is 7.96. The number of benzene rings is 1. The third-order valence-electron chi connectivity index (χ3n) is 5.37. The van der Waals surface area contributed by atoms with Gasteiger partial charge in [0.1, 0.15) is 0 Å². The van der Waals surface area contributed by atoms with Gasteiger partial charge in [0, 0.05) is 12.1 Å². The normalized spacial score (nSPS) is 29.3. The molecule has 0 unspecified atom stereocenters. The van der Waals surface area contributed by atoms with E-state index in [0.29, 0.717) is 0 Å². The van der Waals surface area contributed by atoms with Gasteiger partial charge in [0.25, 0.3) is 0 Å². The molecule has 1 saturated carbocycles. The van der Waals surface area contributed by atoms with Gasteiger partial charge in [0.15, 0.2) is 19.7 Å². The smallest absolute Gasteiger partial charge is 0.183 e. The quantitative estimate of drug-likeness (QED) is 0.864. The fourth-order valence-electron chi connectivity index (χ4n) is 3.89. The van der Waals surface area contributed by atoms with E-state index in [2.05, 4.69) is 5.32 Å². The van der Waals surface area contributed by atoms with Crippen molar-refractivity contribution in [2.45, 2.75) is 60.8 Å². The van der Waals surface area contributed by atoms with E-state index in [9.17, 15) is 16.8 Å². The summed E-state index contributed by atoms with van der Waals surface area (Å²) >= 11 is 0. The standard InChI is InChI=1S/C17H23NO4S2/c19-23(20)10-16(18-14-6-7-14)17(11-23)24(21,22)15-8-5-12-3-1-2-4-13(12)9-15/h5,8-9,14,16-18H,1-4,6-7,10-11H2/t16-,17-/m0/s1. The second-order valence-electron chi connectivity index (χ2n) is 7.35. The van der Waals surface area contributed by atoms with Gasteiger partial charge in [-0.15, -0.1) is 0 Å². The first-order valence-corrected chi connectivity index (χ1v) is 12.0. The summed E-state index contributed by atoms with van der Waals surface area (Å²) in [5.74, 6) is -0.338. The zero-order chi connectivity index (χ0) is 16.9. The number of nitrogens with one attached hydrogen (secondary N) is 1. The molecule has 1 saturated heterocycles. The average Bonchev–Trinajstić information content (AvgIpc) is 3.29. The summed E-state index contributed by atoms with van der Waals surface area (Å²) in [6, 6.07) is 5.16. The van der Waals surface area contributed by atoms with Crippen LogP contribution in [0.3, 0.4) is 0 Å². The van der Waals surface area contributed by atoms with Crippen LogP contribution in [0.25, 0.3) is 0 Å². The fourth-order valence-corrected chi connectivity index (χ4v) is 8.62. The van der Waals surface area contributed by atoms with Crippen molar-refractivity contribution in [1.29, 1.82) is 0 Å². The van der Waals surface area contributed by atoms with Gasteiger partial charge >= 0.3 is 0 Å². The van der Waals surface area contributed by atoms with Gasteiger partial charge in [-0.3, -0.25) is 0 Å². The predicted octanol–water partition coefficient (Wildman–Crippen LogP) is 1.26. The van der Waals surface area contributed by atoms with E-state index in [1.165, 1.54) is 5.56 Å². The molecule has 0 bridgehead atoms. The highest BCUT2D eigenvalue weighted by Crippen LogP contribution is 2.31. The van der Waals surface area contributed by atoms with E-state index in [-0.39, 0.29) is 22.4 Å². The minimum atomic E-state index is -3.65. The van der Waals surface area contributed by atoms with Crippen LogP contribution in [0, 0.1) is 0 Å². The molecule has 7 heteroatoms. The minimum absolute atomic E-state index is 0.0711. The van der Waals surface area contributed by atoms with Gasteiger partial charge < -0.3 is 5.32 Å². The van der Waals surface area contributed by atoms with Crippen molar-refractivity contribution in [3.8, 4) is 0 Å². The van der Waals surface area contributed by atoms with Crippen LogP contribution >= 0.6 is 0 Å². The molecule has 4 rings (SSSR count). The van der Waals surface area contributed by atoms with Crippen LogP contribution in [0.5, 0.6) is 0 Å². The van der Waals surface area contributed by atoms with Crippen molar-refractivity contribution in [2.75, 3.05) is 11.5 Å². The number of hydrogen-bond donors (Lipinski definition) is 1. The lowest BCUT2D eigenvalue weighted by molar-refractivity contribution is 0.524. The minimum Gasteiger partial charge on any atom is -0.309 e. The first kappa shape index (κ1) is 16.5. The first-order chi connectivity index (χ1) is 11.4. The zero-order valence-corrected chi connectivity index (χ0v) is 15.2. The number of aryl methyl sites for hydroxylation is 2. The summed E-state index contributed by atoms with van der Waals surface area (Å²) in [4.78, 5) is 0.285. The summed E-state index contributed by atoms with van der Waals surface area (Å²) in [7, 11) is -6.96. The highest BCUT2D eigenvalue weighted by Gasteiger charge is 2.47. The molecule has 1 aliphatic heterocycles. The molecular formula is C17H23NO4S2. The largest absolute Gasteiger partial charge is 0.309 e. The van der Waals surface area contributed by atoms with Crippen molar-refractivity contribution in [1.82, 2.24) is 5.32 Å². The Bertz CT molecular complexity index is 857. The van der Waals surface area contributed by atoms with E-state index in [4.69, 9.17) is 0 Å². The van der Waals surface area contributed by atoms with Gasteiger partial charge in [0.05, 0.1) is 21.7 Å². The van der Waals surface area contributed by atoms with Crippen LogP contribution < -0.4 is 5.32 Å². The molecule has 24 heavy (non-hydrogen) atoms. The Morgan fingerprint density at radius 1 is 1.00 bits per heavy atom. The molecule has 5 nitrogen and oxygen atoms in total. The van der Waals surface area contributed by atoms with Gasteiger partial charge in [-0.1, -0.05) is 6.07 Å². The van der Waals surface area contributed by atoms with E-state index in [1.807, 2.05) is 6.07 Å². The Morgan fingerprint density at radius 3 is 2.42 bits per heavy atom. The topological polar surface area (TPSA) is 80.3 Å². The lowest BCUT2D eigenvalue weighted by atomic mass is 9.92. The predicted molar refractivity (Wildman–Crippen MR) is 92.7 cm³/mol. The fraction of sp³-hybridized carbons (Fsp3) is 0.647. The van der Waals surface area contributed by atoms with E-state index in [0.717, 1.165) is 44.1 Å². The van der Waals surface area contributed by atoms with Crippen molar-refractivity contribution < 1.29 is 16.8 Å². The summed E-state index contributed by atoms with van der Waals surface area (Å²) in [6.07, 6.45) is 6.14. The molecule has 0 radical (unpaired) electrons. The molecule has 1 N–H and O–H groups in total. The van der Waals surface area contributed by atoms with Crippen molar-refractivity contribution >= 4 is 19.7 Å². The summed E-state index contributed by atoms with van der Waals surface area (Å²) in [6.45, 7) is 0. The third kappa shape index (κ3) is 3.13. The second kappa shape index (κ2) is 5.81. The Hall–Kier alpha value is -0.920. The van der Waals surface area contributed by atoms with Crippen LogP contribution in [0.4, 0.5) is 0 Å². The number of rotatable bonds is 4. The molecule has 1 aromatic carbocycles. The number of hydrogen-bond acceptors (Lipinski definition) is 5. The molecule has 0 spiro atoms. The molecule has 2 fully saturated rings. The van der Waals surface area contributed by atoms with Crippen LogP contribution in [0.15, 0.2) is 23.1 Å². The Balaban J connectivity index is 1.67. The van der Waals surface area contributed by atoms with Gasteiger partial charge in [-0.05, 0) is 61.8 Å². The molecule has 2 atom stereocenters. The molecule has 132 valence electrons. The molecule has 1 aromatic rings. The van der Waals surface area contributed by atoms with E-state index < -0.39 is 31.0 Å². The van der Waals surface area contributed by atoms with Crippen molar-refractivity contribution in [3.05, 3.63) is 29.3 Å². The van der Waals surface area contributed by atoms with Gasteiger partial charge in [0.2, 0.25) is 0 Å². The average molecular weight is 370 g/mol. The van der Waals surface area contributed by atoms with Crippen LogP contribution in [-0.4, -0.2) is 45.7 Å². The Labute approximate surface area is 143 Å². The molecule has 1 heterocycles. The molecule has 2 aliphatic carbocycles. The first-order valence-electron chi connectivity index (χ1n) is 8.67. The molecule has 0 aromatic heterocycles. The Morgan fingerprint density at radius 2 is 1.71 bits per heavy atom. The molecule has 0 amide bonds. The van der Waals surface area contributed by atoms with E-state index in [1.54, 1.807) is 12.1 Å². The third-order valence-corrected chi connectivity index (χ3v) is 9.52. The van der Waals surface area contributed by atoms with Crippen LogP contribution in [0.1, 0.15) is 36.8 Å². The van der Waals surface area contributed by atoms with Gasteiger partial charge in [-0.25, -0.2) is 16.8 Å². The summed E-state index contributed by atoms with van der Waals surface area (Å²) in [5, 5.41) is 2.37. The Kier molecular flexibility index (Phi) is 4.01. The maximum atomic E-state index is 13.1. The van der Waals surface area contributed by atoms with E-state index >= 15 is 0 Å². The van der Waals surface area contributed by atoms with Crippen LogP contribution in [0.2, 0.25) is 0 Å². The van der Waals surface area contributed by atoms with Crippen LogP contribution in [-0.2, 0) is 32.5 Å². The van der Waals surface area contributed by atoms with Crippen molar-refractivity contribution in [3.63, 3.8) is 0 Å². The maximum Gasteiger partial charge on any atom is 0.183 e. The maximum absolute atomic E-state index is 13.1. The summed E-state index contributed by atoms with van der Waals surface area (Å²) in [5.41, 5.74) is 2.33. The molecule has 3 aliphatic rings. The monoisotopic (exact) mass is 369 g/mol. The highest BCUT2D eigenvalue weighted by atomic mass is 32.2. The zero-order valence-electron chi connectivity index (χ0n) is 13.6. The second-order valence-corrected chi connectivity index (χ2v) is 11.7. The summed E-state index contributed by atoms with van der Waals surface area (Å²) < 4.78 is 50.4. The SMILES string of the molecule is O=S1(=O)C[C@H](NC2CC2)[C@@H](S(=O)(=O)c2ccc3c(c2)CCCC3)C1. The number of sulfone groups is 2. The van der Waals surface area contributed by atoms with Crippen molar-refractivity contribution in [2.24, 2.45) is 0 Å². The lowest BCUT2D eigenvalue weighted by Crippen LogP contribution is -2.44. The lowest BCUT2D eigenvalue weighted by Gasteiger charge is -2.21. The number of fused-ring (bicyclic) bond motifs is 1. The van der Waals surface area contributed by atoms with Gasteiger partial charge in [-0.2, -0.15) is 0 Å².